The van der Waals surface area contributed by atoms with Gasteiger partial charge in [0.15, 0.2) is 11.8 Å². The van der Waals surface area contributed by atoms with Crippen molar-refractivity contribution in [1.82, 2.24) is 0 Å². The van der Waals surface area contributed by atoms with E-state index in [-0.39, 0.29) is 0 Å². The number of hydrogen-bond acceptors (Lipinski definition) is 6. The molecule has 0 aliphatic heterocycles. The van der Waals surface area contributed by atoms with Crippen molar-refractivity contribution >= 4 is 17.9 Å². The minimum Gasteiger partial charge on any atom is -0.481 e. The Bertz CT molecular complexity index is 434. The van der Waals surface area contributed by atoms with E-state index in [0.29, 0.717) is 12.3 Å². The van der Waals surface area contributed by atoms with Crippen molar-refractivity contribution in [2.75, 3.05) is 0 Å². The number of carboxylic acids is 2. The average molecular weight is 331 g/mol. The Labute approximate surface area is 134 Å². The number of rotatable bonds is 9. The predicted molar refractivity (Wildman–Crippen MR) is 79.3 cm³/mol. The van der Waals surface area contributed by atoms with Crippen LogP contribution in [0.2, 0.25) is 0 Å². The van der Waals surface area contributed by atoms with Crippen molar-refractivity contribution in [2.24, 2.45) is 11.7 Å². The van der Waals surface area contributed by atoms with E-state index in [1.54, 1.807) is 0 Å². The average Bonchev–Trinajstić information content (AvgIpc) is 2.45. The maximum absolute atomic E-state index is 11.7. The van der Waals surface area contributed by atoms with E-state index in [9.17, 15) is 19.5 Å². The van der Waals surface area contributed by atoms with Crippen LogP contribution >= 0.6 is 0 Å². The Hall–Kier alpha value is -1.67. The highest BCUT2D eigenvalue weighted by atomic mass is 16.6. The van der Waals surface area contributed by atoms with Crippen molar-refractivity contribution in [3.63, 3.8) is 0 Å². The Morgan fingerprint density at radius 1 is 1.13 bits per heavy atom. The van der Waals surface area contributed by atoms with Gasteiger partial charge in [0.2, 0.25) is 0 Å². The zero-order chi connectivity index (χ0) is 17.5. The smallest absolute Gasteiger partial charge is 0.336 e. The molecule has 5 N–H and O–H groups in total. The fourth-order valence-electron chi connectivity index (χ4n) is 2.85. The van der Waals surface area contributed by atoms with E-state index < -0.39 is 42.6 Å². The molecular weight excluding hydrogens is 306 g/mol. The number of esters is 1. The van der Waals surface area contributed by atoms with Gasteiger partial charge in [-0.15, -0.1) is 0 Å². The van der Waals surface area contributed by atoms with E-state index in [1.807, 2.05) is 0 Å². The van der Waals surface area contributed by atoms with Gasteiger partial charge in [-0.25, -0.2) is 4.79 Å². The zero-order valence-electron chi connectivity index (χ0n) is 13.1. The highest BCUT2D eigenvalue weighted by Crippen LogP contribution is 2.27. The molecule has 1 rings (SSSR count). The quantitative estimate of drug-likeness (QED) is 0.359. The summed E-state index contributed by atoms with van der Waals surface area (Å²) in [4.78, 5) is 33.2. The first-order valence-electron chi connectivity index (χ1n) is 7.85. The van der Waals surface area contributed by atoms with Crippen LogP contribution in [0.15, 0.2) is 0 Å². The number of hydrogen-bond donors (Lipinski definition) is 4. The molecule has 0 aromatic heterocycles. The normalized spacial score (nSPS) is 19.6. The molecule has 0 saturated heterocycles. The Morgan fingerprint density at radius 2 is 1.74 bits per heavy atom. The SMILES string of the molecule is NC(CCC1CCCCC1)OC(=O)CC(O)(CC(=O)O)C(=O)O. The lowest BCUT2D eigenvalue weighted by Crippen LogP contribution is -2.44. The van der Waals surface area contributed by atoms with E-state index in [4.69, 9.17) is 20.7 Å². The largest absolute Gasteiger partial charge is 0.481 e. The van der Waals surface area contributed by atoms with Crippen LogP contribution in [-0.4, -0.2) is 45.1 Å². The number of carbonyl (C=O) groups excluding carboxylic acids is 1. The summed E-state index contributed by atoms with van der Waals surface area (Å²) >= 11 is 0. The van der Waals surface area contributed by atoms with Crippen molar-refractivity contribution in [3.8, 4) is 0 Å². The fraction of sp³-hybridized carbons (Fsp3) is 0.800. The molecule has 8 heteroatoms. The Morgan fingerprint density at radius 3 is 2.26 bits per heavy atom. The lowest BCUT2D eigenvalue weighted by molar-refractivity contribution is -0.173. The minimum atomic E-state index is -2.69. The molecule has 0 aromatic carbocycles. The zero-order valence-corrected chi connectivity index (χ0v) is 13.1. The van der Waals surface area contributed by atoms with Crippen LogP contribution in [-0.2, 0) is 19.1 Å². The first-order chi connectivity index (χ1) is 10.7. The molecule has 0 aromatic rings. The second-order valence-corrected chi connectivity index (χ2v) is 6.19. The maximum atomic E-state index is 11.7. The summed E-state index contributed by atoms with van der Waals surface area (Å²) in [6, 6.07) is 0. The van der Waals surface area contributed by atoms with Crippen LogP contribution in [0, 0.1) is 5.92 Å². The summed E-state index contributed by atoms with van der Waals surface area (Å²) in [5.74, 6) is -3.76. The van der Waals surface area contributed by atoms with Crippen LogP contribution in [0.3, 0.4) is 0 Å². The van der Waals surface area contributed by atoms with Gasteiger partial charge < -0.3 is 20.1 Å². The minimum absolute atomic E-state index is 0.459. The maximum Gasteiger partial charge on any atom is 0.336 e. The number of aliphatic carboxylic acids is 2. The molecule has 0 bridgehead atoms. The molecule has 0 radical (unpaired) electrons. The van der Waals surface area contributed by atoms with E-state index in [1.165, 1.54) is 19.3 Å². The molecule has 132 valence electrons. The molecule has 1 aliphatic rings. The molecule has 8 nitrogen and oxygen atoms in total. The summed E-state index contributed by atoms with van der Waals surface area (Å²) in [5, 5.41) is 27.3. The summed E-state index contributed by atoms with van der Waals surface area (Å²) in [5.41, 5.74) is 3.01. The van der Waals surface area contributed by atoms with Gasteiger partial charge in [0.1, 0.15) is 0 Å². The molecule has 2 atom stereocenters. The standard InChI is InChI=1S/C15H25NO7/c16-11(7-6-10-4-2-1-3-5-10)23-13(19)9-15(22,14(20)21)8-12(17)18/h10-11,22H,1-9,16H2,(H,17,18)(H,20,21). The molecule has 2 unspecified atom stereocenters. The lowest BCUT2D eigenvalue weighted by Gasteiger charge is -2.24. The first kappa shape index (κ1) is 19.4. The van der Waals surface area contributed by atoms with Crippen molar-refractivity contribution < 1.29 is 34.4 Å². The highest BCUT2D eigenvalue weighted by molar-refractivity contribution is 5.88. The first-order valence-corrected chi connectivity index (χ1v) is 7.85. The lowest BCUT2D eigenvalue weighted by atomic mass is 9.86. The summed E-state index contributed by atoms with van der Waals surface area (Å²) < 4.78 is 4.89. The molecule has 0 heterocycles. The number of carbonyl (C=O) groups is 3. The molecule has 0 amide bonds. The van der Waals surface area contributed by atoms with Gasteiger partial charge in [0.25, 0.3) is 0 Å². The van der Waals surface area contributed by atoms with Crippen molar-refractivity contribution in [1.29, 1.82) is 0 Å². The van der Waals surface area contributed by atoms with Gasteiger partial charge in [0, 0.05) is 0 Å². The summed E-state index contributed by atoms with van der Waals surface area (Å²) in [7, 11) is 0. The molecule has 1 saturated carbocycles. The van der Waals surface area contributed by atoms with E-state index in [2.05, 4.69) is 0 Å². The van der Waals surface area contributed by atoms with Gasteiger partial charge in [-0.3, -0.25) is 15.3 Å². The predicted octanol–water partition coefficient (Wildman–Crippen LogP) is 0.855. The topological polar surface area (TPSA) is 147 Å². The van der Waals surface area contributed by atoms with Gasteiger partial charge in [0.05, 0.1) is 12.8 Å². The van der Waals surface area contributed by atoms with Crippen LogP contribution in [0.5, 0.6) is 0 Å². The molecule has 0 spiro atoms. The second-order valence-electron chi connectivity index (χ2n) is 6.19. The van der Waals surface area contributed by atoms with Crippen molar-refractivity contribution in [2.45, 2.75) is 69.6 Å². The molecule has 23 heavy (non-hydrogen) atoms. The van der Waals surface area contributed by atoms with Gasteiger partial charge in [-0.2, -0.15) is 0 Å². The Kier molecular flexibility index (Phi) is 7.44. The third kappa shape index (κ3) is 6.96. The van der Waals surface area contributed by atoms with E-state index >= 15 is 0 Å². The van der Waals surface area contributed by atoms with Crippen LogP contribution in [0.4, 0.5) is 0 Å². The van der Waals surface area contributed by atoms with Gasteiger partial charge in [-0.1, -0.05) is 32.1 Å². The number of ether oxygens (including phenoxy) is 1. The fourth-order valence-corrected chi connectivity index (χ4v) is 2.85. The monoisotopic (exact) mass is 331 g/mol. The van der Waals surface area contributed by atoms with E-state index in [0.717, 1.165) is 19.3 Å². The second kappa shape index (κ2) is 8.83. The van der Waals surface area contributed by atoms with Crippen molar-refractivity contribution in [3.05, 3.63) is 0 Å². The third-order valence-corrected chi connectivity index (χ3v) is 4.15. The number of aliphatic hydroxyl groups is 1. The third-order valence-electron chi connectivity index (χ3n) is 4.15. The summed E-state index contributed by atoms with van der Waals surface area (Å²) in [6.07, 6.45) is 4.27. The Balaban J connectivity index is 2.40. The van der Waals surface area contributed by atoms with Crippen LogP contribution < -0.4 is 5.73 Å². The van der Waals surface area contributed by atoms with Crippen LogP contribution in [0.1, 0.15) is 57.8 Å². The molecule has 1 aliphatic carbocycles. The molecule has 1 fully saturated rings. The van der Waals surface area contributed by atoms with Crippen LogP contribution in [0.25, 0.3) is 0 Å². The number of nitrogens with two attached hydrogens (primary N) is 1. The van der Waals surface area contributed by atoms with Gasteiger partial charge >= 0.3 is 17.9 Å². The highest BCUT2D eigenvalue weighted by Gasteiger charge is 2.41. The molecular formula is C15H25NO7. The number of carboxylic acid groups (broad SMARTS) is 2. The summed E-state index contributed by atoms with van der Waals surface area (Å²) in [6.45, 7) is 0. The van der Waals surface area contributed by atoms with Gasteiger partial charge in [-0.05, 0) is 18.8 Å².